The minimum Gasteiger partial charge on any atom is -0.469 e. The summed E-state index contributed by atoms with van der Waals surface area (Å²) in [5.41, 5.74) is 0. The van der Waals surface area contributed by atoms with Gasteiger partial charge in [0.05, 0.1) is 26.9 Å². The molecule has 0 aliphatic carbocycles. The summed E-state index contributed by atoms with van der Waals surface area (Å²) in [6.45, 7) is 3.60. The number of hydrogen-bond acceptors (Lipinski definition) is 6. The predicted octanol–water partition coefficient (Wildman–Crippen LogP) is -0.262. The van der Waals surface area contributed by atoms with Crippen molar-refractivity contribution in [2.75, 3.05) is 33.5 Å². The Morgan fingerprint density at radius 1 is 1.07 bits per heavy atom. The Hall–Kier alpha value is -1.14. The predicted molar refractivity (Wildman–Crippen MR) is 52.2 cm³/mol. The maximum atomic E-state index is 10.1. The average Bonchev–Trinajstić information content (AvgIpc) is 2.18. The van der Waals surface area contributed by atoms with Crippen molar-refractivity contribution in [1.29, 1.82) is 0 Å². The lowest BCUT2D eigenvalue weighted by atomic mass is 10.7. The van der Waals surface area contributed by atoms with Gasteiger partial charge >= 0.3 is 11.9 Å². The van der Waals surface area contributed by atoms with Gasteiger partial charge in [-0.25, -0.2) is 0 Å². The highest BCUT2D eigenvalue weighted by molar-refractivity contribution is 5.66. The molecule has 6 nitrogen and oxygen atoms in total. The third-order valence-electron chi connectivity index (χ3n) is 1.06. The number of carbonyl (C=O) groups is 2. The Kier molecular flexibility index (Phi) is 14.0. The number of hydrogen-bond donors (Lipinski definition) is 1. The minimum atomic E-state index is -0.312. The first-order valence-electron chi connectivity index (χ1n) is 4.41. The van der Waals surface area contributed by atoms with Crippen LogP contribution in [-0.2, 0) is 23.8 Å². The fraction of sp³-hybridized carbons (Fsp3) is 0.778. The van der Waals surface area contributed by atoms with Crippen molar-refractivity contribution in [1.82, 2.24) is 0 Å². The molecule has 0 saturated heterocycles. The van der Waals surface area contributed by atoms with Crippen LogP contribution >= 0.6 is 0 Å². The number of rotatable bonds is 5. The van der Waals surface area contributed by atoms with Gasteiger partial charge in [0, 0.05) is 13.8 Å². The first-order valence-corrected chi connectivity index (χ1v) is 4.41. The maximum Gasteiger partial charge on any atom is 0.302 e. The Morgan fingerprint density at radius 3 is 1.93 bits per heavy atom. The molecule has 0 aromatic carbocycles. The summed E-state index contributed by atoms with van der Waals surface area (Å²) in [5.74, 6) is -0.558. The lowest BCUT2D eigenvalue weighted by Gasteiger charge is -2.01. The van der Waals surface area contributed by atoms with E-state index in [0.29, 0.717) is 13.2 Å². The van der Waals surface area contributed by atoms with E-state index < -0.39 is 0 Å². The molecule has 0 radical (unpaired) electrons. The fourth-order valence-electron chi connectivity index (χ4n) is 0.411. The van der Waals surface area contributed by atoms with Crippen molar-refractivity contribution in [3.05, 3.63) is 0 Å². The minimum absolute atomic E-state index is 0.0000709. The van der Waals surface area contributed by atoms with Crippen molar-refractivity contribution in [2.24, 2.45) is 0 Å². The Morgan fingerprint density at radius 2 is 1.60 bits per heavy atom. The lowest BCUT2D eigenvalue weighted by Crippen LogP contribution is -2.09. The van der Waals surface area contributed by atoms with Crippen LogP contribution in [0.3, 0.4) is 0 Å². The van der Waals surface area contributed by atoms with Crippen LogP contribution in [0, 0.1) is 0 Å². The van der Waals surface area contributed by atoms with Crippen LogP contribution in [0.2, 0.25) is 0 Å². The van der Waals surface area contributed by atoms with Crippen LogP contribution in [0.15, 0.2) is 0 Å². The molecule has 6 heteroatoms. The van der Waals surface area contributed by atoms with Gasteiger partial charge in [-0.2, -0.15) is 0 Å². The number of esters is 2. The smallest absolute Gasteiger partial charge is 0.302 e. The zero-order valence-corrected chi connectivity index (χ0v) is 9.32. The number of ether oxygens (including phenoxy) is 3. The molecule has 0 saturated carbocycles. The van der Waals surface area contributed by atoms with E-state index in [4.69, 9.17) is 9.84 Å². The molecule has 0 atom stereocenters. The molecule has 0 aromatic rings. The zero-order chi connectivity index (χ0) is 12.1. The second kappa shape index (κ2) is 12.9. The van der Waals surface area contributed by atoms with Gasteiger partial charge in [0.25, 0.3) is 0 Å². The van der Waals surface area contributed by atoms with E-state index in [1.165, 1.54) is 21.0 Å². The molecule has 0 amide bonds. The highest BCUT2D eigenvalue weighted by atomic mass is 16.6. The topological polar surface area (TPSA) is 82.1 Å². The Bertz CT molecular complexity index is 168. The quantitative estimate of drug-likeness (QED) is 0.509. The summed E-state index contributed by atoms with van der Waals surface area (Å²) in [7, 11) is 1.35. The van der Waals surface area contributed by atoms with Gasteiger partial charge in [-0.05, 0) is 0 Å². The van der Waals surface area contributed by atoms with Crippen molar-refractivity contribution in [2.45, 2.75) is 13.8 Å². The van der Waals surface area contributed by atoms with Gasteiger partial charge in [0.1, 0.15) is 6.61 Å². The molecule has 0 aliphatic rings. The van der Waals surface area contributed by atoms with Gasteiger partial charge in [0.2, 0.25) is 0 Å². The lowest BCUT2D eigenvalue weighted by molar-refractivity contribution is -0.142. The fourth-order valence-corrected chi connectivity index (χ4v) is 0.411. The third kappa shape index (κ3) is 24.6. The summed E-state index contributed by atoms with van der Waals surface area (Å²) < 4.78 is 13.5. The second-order valence-corrected chi connectivity index (χ2v) is 2.37. The largest absolute Gasteiger partial charge is 0.469 e. The highest BCUT2D eigenvalue weighted by Gasteiger charge is 1.90. The van der Waals surface area contributed by atoms with Crippen LogP contribution in [0.25, 0.3) is 0 Å². The van der Waals surface area contributed by atoms with Crippen molar-refractivity contribution >= 4 is 11.9 Å². The van der Waals surface area contributed by atoms with E-state index in [2.05, 4.69) is 9.47 Å². The summed E-state index contributed by atoms with van der Waals surface area (Å²) in [6.07, 6.45) is 0. The van der Waals surface area contributed by atoms with Crippen molar-refractivity contribution in [3.63, 3.8) is 0 Å². The molecular weight excluding hydrogens is 204 g/mol. The van der Waals surface area contributed by atoms with Gasteiger partial charge in [-0.3, -0.25) is 9.59 Å². The highest BCUT2D eigenvalue weighted by Crippen LogP contribution is 1.78. The standard InChI is InChI=1S/C6H12O4.C3H6O2/c1-6(8)10-5-4-9-3-2-7;1-3(4)5-2/h7H,2-5H2,1H3;1-2H3. The number of carbonyl (C=O) groups excluding carboxylic acids is 2. The first-order chi connectivity index (χ1) is 7.04. The summed E-state index contributed by atoms with van der Waals surface area (Å²) in [4.78, 5) is 19.7. The van der Waals surface area contributed by atoms with Crippen LogP contribution in [-0.4, -0.2) is 50.6 Å². The SMILES string of the molecule is CC(=O)OCCOCCO.COC(C)=O. The molecule has 0 spiro atoms. The molecule has 1 N–H and O–H groups in total. The first kappa shape index (κ1) is 16.3. The normalized spacial score (nSPS) is 8.53. The Labute approximate surface area is 89.1 Å². The van der Waals surface area contributed by atoms with Gasteiger partial charge in [0.15, 0.2) is 0 Å². The van der Waals surface area contributed by atoms with Crippen LogP contribution in [0.5, 0.6) is 0 Å². The summed E-state index contributed by atoms with van der Waals surface area (Å²) in [6, 6.07) is 0. The van der Waals surface area contributed by atoms with Gasteiger partial charge < -0.3 is 19.3 Å². The zero-order valence-electron chi connectivity index (χ0n) is 9.32. The van der Waals surface area contributed by atoms with Crippen LogP contribution in [0.1, 0.15) is 13.8 Å². The van der Waals surface area contributed by atoms with Crippen LogP contribution < -0.4 is 0 Å². The van der Waals surface area contributed by atoms with E-state index in [1.54, 1.807) is 0 Å². The van der Waals surface area contributed by atoms with E-state index >= 15 is 0 Å². The molecule has 0 aromatic heterocycles. The molecule has 15 heavy (non-hydrogen) atoms. The van der Waals surface area contributed by atoms with Crippen molar-refractivity contribution < 1.29 is 28.9 Å². The molecule has 0 rings (SSSR count). The molecule has 0 bridgehead atoms. The number of aliphatic hydroxyl groups is 1. The molecule has 0 unspecified atom stereocenters. The molecule has 0 aliphatic heterocycles. The Balaban J connectivity index is 0. The summed E-state index contributed by atoms with van der Waals surface area (Å²) in [5, 5.41) is 8.24. The van der Waals surface area contributed by atoms with E-state index in [9.17, 15) is 9.59 Å². The average molecular weight is 222 g/mol. The van der Waals surface area contributed by atoms with E-state index in [-0.39, 0.29) is 25.2 Å². The molecule has 0 fully saturated rings. The van der Waals surface area contributed by atoms with Crippen LogP contribution in [0.4, 0.5) is 0 Å². The number of methoxy groups -OCH3 is 1. The maximum absolute atomic E-state index is 10.1. The second-order valence-electron chi connectivity index (χ2n) is 2.37. The van der Waals surface area contributed by atoms with E-state index in [1.807, 2.05) is 0 Å². The van der Waals surface area contributed by atoms with Gasteiger partial charge in [-0.15, -0.1) is 0 Å². The molecular formula is C9H18O6. The van der Waals surface area contributed by atoms with E-state index in [0.717, 1.165) is 0 Å². The van der Waals surface area contributed by atoms with Gasteiger partial charge in [-0.1, -0.05) is 0 Å². The molecule has 90 valence electrons. The molecule has 0 heterocycles. The summed E-state index contributed by atoms with van der Waals surface area (Å²) >= 11 is 0. The van der Waals surface area contributed by atoms with Crippen molar-refractivity contribution in [3.8, 4) is 0 Å². The third-order valence-corrected chi connectivity index (χ3v) is 1.06. The number of aliphatic hydroxyl groups excluding tert-OH is 1. The monoisotopic (exact) mass is 222 g/mol.